The number of methoxy groups -OCH3 is 3. The van der Waals surface area contributed by atoms with Gasteiger partial charge < -0.3 is 19.1 Å². The molecule has 0 aliphatic rings. The van der Waals surface area contributed by atoms with Crippen LogP contribution in [0.2, 0.25) is 0 Å². The van der Waals surface area contributed by atoms with Crippen molar-refractivity contribution in [3.63, 3.8) is 0 Å². The van der Waals surface area contributed by atoms with Gasteiger partial charge in [-0.05, 0) is 36.4 Å². The Balaban J connectivity index is 2.18. The summed E-state index contributed by atoms with van der Waals surface area (Å²) in [6.07, 6.45) is 0. The van der Waals surface area contributed by atoms with Crippen LogP contribution >= 0.6 is 0 Å². The first-order valence-corrected chi connectivity index (χ1v) is 10.4. The second-order valence-electron chi connectivity index (χ2n) is 6.11. The summed E-state index contributed by atoms with van der Waals surface area (Å²) < 4.78 is 43.1. The van der Waals surface area contributed by atoms with E-state index < -0.39 is 10.0 Å². The van der Waals surface area contributed by atoms with Gasteiger partial charge in [-0.1, -0.05) is 12.1 Å². The molecule has 0 aliphatic carbocycles. The Bertz CT molecular complexity index is 891. The SMILES string of the molecule is COCCN(CCOC)C(=O)c1ccc(S(=O)(=O)Nc2ccccc2OC)cc1. The number of rotatable bonds is 11. The number of benzene rings is 2. The first-order valence-electron chi connectivity index (χ1n) is 8.96. The van der Waals surface area contributed by atoms with E-state index in [1.165, 1.54) is 31.4 Å². The number of carbonyl (C=O) groups is 1. The largest absolute Gasteiger partial charge is 0.495 e. The number of hydrogen-bond donors (Lipinski definition) is 1. The summed E-state index contributed by atoms with van der Waals surface area (Å²) in [5.74, 6) is 0.190. The number of anilines is 1. The van der Waals surface area contributed by atoms with E-state index in [1.54, 1.807) is 43.4 Å². The molecule has 9 heteroatoms. The molecular formula is C20H26N2O6S. The summed E-state index contributed by atoms with van der Waals surface area (Å²) in [7, 11) is 0.759. The molecule has 0 saturated carbocycles. The normalized spacial score (nSPS) is 11.1. The lowest BCUT2D eigenvalue weighted by Gasteiger charge is -2.22. The third kappa shape index (κ3) is 6.18. The van der Waals surface area contributed by atoms with Crippen LogP contribution in [0.25, 0.3) is 0 Å². The zero-order valence-corrected chi connectivity index (χ0v) is 17.6. The van der Waals surface area contributed by atoms with E-state index in [9.17, 15) is 13.2 Å². The smallest absolute Gasteiger partial charge is 0.262 e. The molecule has 1 N–H and O–H groups in total. The molecule has 0 saturated heterocycles. The van der Waals surface area contributed by atoms with Gasteiger partial charge in [-0.3, -0.25) is 9.52 Å². The summed E-state index contributed by atoms with van der Waals surface area (Å²) in [4.78, 5) is 14.4. The molecule has 0 atom stereocenters. The molecule has 0 aliphatic heterocycles. The quantitative estimate of drug-likeness (QED) is 0.597. The Morgan fingerprint density at radius 2 is 1.52 bits per heavy atom. The maximum Gasteiger partial charge on any atom is 0.262 e. The lowest BCUT2D eigenvalue weighted by molar-refractivity contribution is 0.0627. The van der Waals surface area contributed by atoms with Gasteiger partial charge in [-0.2, -0.15) is 0 Å². The predicted molar refractivity (Wildman–Crippen MR) is 110 cm³/mol. The third-order valence-corrected chi connectivity index (χ3v) is 5.56. The second kappa shape index (κ2) is 10.8. The first kappa shape index (κ1) is 22.7. The standard InChI is InChI=1S/C20H26N2O6S/c1-26-14-12-22(13-15-27-2)20(23)16-8-10-17(11-9-16)29(24,25)21-18-6-4-5-7-19(18)28-3/h4-11,21H,12-15H2,1-3H3. The molecule has 0 unspecified atom stereocenters. The minimum Gasteiger partial charge on any atom is -0.495 e. The van der Waals surface area contributed by atoms with E-state index in [0.717, 1.165) is 0 Å². The number of sulfonamides is 1. The number of nitrogens with one attached hydrogen (secondary N) is 1. The molecular weight excluding hydrogens is 396 g/mol. The zero-order chi connectivity index (χ0) is 21.3. The van der Waals surface area contributed by atoms with Crippen molar-refractivity contribution >= 4 is 21.6 Å². The highest BCUT2D eigenvalue weighted by Gasteiger charge is 2.19. The fourth-order valence-corrected chi connectivity index (χ4v) is 3.68. The summed E-state index contributed by atoms with van der Waals surface area (Å²) in [5.41, 5.74) is 0.717. The second-order valence-corrected chi connectivity index (χ2v) is 7.79. The minimum atomic E-state index is -3.83. The molecule has 29 heavy (non-hydrogen) atoms. The lowest BCUT2D eigenvalue weighted by Crippen LogP contribution is -2.36. The lowest BCUT2D eigenvalue weighted by atomic mass is 10.2. The summed E-state index contributed by atoms with van der Waals surface area (Å²) in [6, 6.07) is 12.5. The van der Waals surface area contributed by atoms with E-state index in [4.69, 9.17) is 14.2 Å². The van der Waals surface area contributed by atoms with Gasteiger partial charge in [0.15, 0.2) is 0 Å². The van der Waals surface area contributed by atoms with Crippen LogP contribution in [0.5, 0.6) is 5.75 Å². The fraction of sp³-hybridized carbons (Fsp3) is 0.350. The van der Waals surface area contributed by atoms with E-state index in [0.29, 0.717) is 43.3 Å². The highest BCUT2D eigenvalue weighted by molar-refractivity contribution is 7.92. The van der Waals surface area contributed by atoms with Crippen molar-refractivity contribution in [3.8, 4) is 5.75 Å². The van der Waals surface area contributed by atoms with E-state index in [-0.39, 0.29) is 10.8 Å². The molecule has 0 heterocycles. The molecule has 2 rings (SSSR count). The minimum absolute atomic E-state index is 0.0419. The van der Waals surface area contributed by atoms with Crippen LogP contribution in [0.3, 0.4) is 0 Å². The average molecular weight is 423 g/mol. The topological polar surface area (TPSA) is 94.2 Å². The highest BCUT2D eigenvalue weighted by Crippen LogP contribution is 2.26. The van der Waals surface area contributed by atoms with Crippen molar-refractivity contribution in [1.29, 1.82) is 0 Å². The van der Waals surface area contributed by atoms with Gasteiger partial charge in [0.1, 0.15) is 5.75 Å². The molecule has 2 aromatic carbocycles. The third-order valence-electron chi connectivity index (χ3n) is 4.18. The molecule has 0 fully saturated rings. The van der Waals surface area contributed by atoms with Gasteiger partial charge in [0, 0.05) is 32.9 Å². The van der Waals surface area contributed by atoms with Gasteiger partial charge >= 0.3 is 0 Å². The van der Waals surface area contributed by atoms with E-state index in [1.807, 2.05) is 0 Å². The first-order chi connectivity index (χ1) is 13.9. The molecule has 0 spiro atoms. The highest BCUT2D eigenvalue weighted by atomic mass is 32.2. The zero-order valence-electron chi connectivity index (χ0n) is 16.8. The molecule has 158 valence electrons. The van der Waals surface area contributed by atoms with Crippen molar-refractivity contribution in [2.24, 2.45) is 0 Å². The Hall–Kier alpha value is -2.62. The number of hydrogen-bond acceptors (Lipinski definition) is 6. The van der Waals surface area contributed by atoms with Gasteiger partial charge in [0.2, 0.25) is 0 Å². The van der Waals surface area contributed by atoms with Crippen molar-refractivity contribution in [1.82, 2.24) is 4.90 Å². The van der Waals surface area contributed by atoms with Gasteiger partial charge in [-0.25, -0.2) is 8.42 Å². The average Bonchev–Trinajstić information content (AvgIpc) is 2.73. The predicted octanol–water partition coefficient (Wildman–Crippen LogP) is 2.23. The number of para-hydroxylation sites is 2. The maximum atomic E-state index is 12.7. The van der Waals surface area contributed by atoms with Crippen molar-refractivity contribution in [3.05, 3.63) is 54.1 Å². The van der Waals surface area contributed by atoms with Crippen LogP contribution in [-0.2, 0) is 19.5 Å². The van der Waals surface area contributed by atoms with Crippen molar-refractivity contribution in [2.45, 2.75) is 4.90 Å². The van der Waals surface area contributed by atoms with E-state index in [2.05, 4.69) is 4.72 Å². The fourth-order valence-electron chi connectivity index (χ4n) is 2.61. The summed E-state index contributed by atoms with van der Waals surface area (Å²) in [6.45, 7) is 1.61. The molecule has 0 radical (unpaired) electrons. The number of carbonyl (C=O) groups excluding carboxylic acids is 1. The Kier molecular flexibility index (Phi) is 8.44. The number of nitrogens with zero attached hydrogens (tertiary/aromatic N) is 1. The van der Waals surface area contributed by atoms with Gasteiger partial charge in [-0.15, -0.1) is 0 Å². The van der Waals surface area contributed by atoms with Crippen molar-refractivity contribution in [2.75, 3.05) is 52.4 Å². The summed E-state index contributed by atoms with van der Waals surface area (Å²) in [5, 5.41) is 0. The summed E-state index contributed by atoms with van der Waals surface area (Å²) >= 11 is 0. The molecule has 8 nitrogen and oxygen atoms in total. The van der Waals surface area contributed by atoms with Crippen LogP contribution < -0.4 is 9.46 Å². The Labute approximate surface area is 171 Å². The number of amides is 1. The van der Waals surface area contributed by atoms with Crippen LogP contribution in [0.15, 0.2) is 53.4 Å². The Morgan fingerprint density at radius 1 is 0.931 bits per heavy atom. The van der Waals surface area contributed by atoms with Gasteiger partial charge in [0.25, 0.3) is 15.9 Å². The molecule has 0 aromatic heterocycles. The molecule has 1 amide bonds. The van der Waals surface area contributed by atoms with E-state index >= 15 is 0 Å². The maximum absolute atomic E-state index is 12.7. The monoisotopic (exact) mass is 422 g/mol. The van der Waals surface area contributed by atoms with Crippen LogP contribution in [-0.4, -0.2) is 66.9 Å². The Morgan fingerprint density at radius 3 is 2.07 bits per heavy atom. The van der Waals surface area contributed by atoms with Gasteiger partial charge in [0.05, 0.1) is 30.9 Å². The van der Waals surface area contributed by atoms with Crippen LogP contribution in [0.1, 0.15) is 10.4 Å². The molecule has 0 bridgehead atoms. The van der Waals surface area contributed by atoms with Crippen LogP contribution in [0.4, 0.5) is 5.69 Å². The molecule has 2 aromatic rings. The number of ether oxygens (including phenoxy) is 3. The van der Waals surface area contributed by atoms with Crippen LogP contribution in [0, 0.1) is 0 Å². The van der Waals surface area contributed by atoms with Crippen molar-refractivity contribution < 1.29 is 27.4 Å².